The average molecular weight is 446 g/mol. The molecule has 33 heavy (non-hydrogen) atoms. The fourth-order valence-electron chi connectivity index (χ4n) is 5.33. The van der Waals surface area contributed by atoms with E-state index in [-0.39, 0.29) is 0 Å². The Hall–Kier alpha value is -2.32. The van der Waals surface area contributed by atoms with E-state index in [0.29, 0.717) is 23.7 Å². The lowest BCUT2D eigenvalue weighted by atomic mass is 9.65. The molecule has 3 rings (SSSR count). The molecule has 2 aliphatic carbocycles. The molecular weight excluding hydrogens is 402 g/mol. The van der Waals surface area contributed by atoms with E-state index >= 15 is 0 Å². The quantitative estimate of drug-likeness (QED) is 0.296. The minimum absolute atomic E-state index is 0.339. The van der Waals surface area contributed by atoms with E-state index in [9.17, 15) is 0 Å². The normalized spacial score (nSPS) is 23.0. The van der Waals surface area contributed by atoms with Crippen molar-refractivity contribution >= 4 is 0 Å². The first-order chi connectivity index (χ1) is 16.0. The average Bonchev–Trinajstić information content (AvgIpc) is 2.84. The molecule has 1 aromatic rings. The first-order valence-corrected chi connectivity index (χ1v) is 12.8. The van der Waals surface area contributed by atoms with Gasteiger partial charge in [-0.1, -0.05) is 75.4 Å². The van der Waals surface area contributed by atoms with Gasteiger partial charge < -0.3 is 10.1 Å². The Morgan fingerprint density at radius 2 is 2.09 bits per heavy atom. The number of rotatable bonds is 10. The van der Waals surface area contributed by atoms with Crippen LogP contribution in [0.4, 0.5) is 0 Å². The van der Waals surface area contributed by atoms with Crippen LogP contribution in [0.25, 0.3) is 0 Å². The summed E-state index contributed by atoms with van der Waals surface area (Å²) >= 11 is 0. The molecule has 0 amide bonds. The summed E-state index contributed by atoms with van der Waals surface area (Å²) in [7, 11) is 1.75. The van der Waals surface area contributed by atoms with Crippen LogP contribution in [0.15, 0.2) is 78.0 Å². The standard InChI is InChI=1S/C31H43NO/c1-7-24(19-20-32-8-2)10-9-23(5)31-29(26-13-11-25(12-14-26)22(3)4)17-15-27-21-28(33-6)16-18-30(27)31/h7,9-13,16,18,21-22,26,29,31-32H,5,8,14-15,17,19-20H2,1-4,6H3/b10-9-,24-7+/t26?,29-,31+/m1/s1. The van der Waals surface area contributed by atoms with Gasteiger partial charge in [0.15, 0.2) is 0 Å². The molecular formula is C31H43NO. The molecule has 0 saturated heterocycles. The number of aryl methyl sites for hydroxylation is 1. The molecule has 0 radical (unpaired) electrons. The molecule has 2 nitrogen and oxygen atoms in total. The van der Waals surface area contributed by atoms with Gasteiger partial charge in [-0.15, -0.1) is 0 Å². The summed E-state index contributed by atoms with van der Waals surface area (Å²) in [6.45, 7) is 15.5. The lowest BCUT2D eigenvalue weighted by molar-refractivity contribution is 0.314. The van der Waals surface area contributed by atoms with Crippen LogP contribution < -0.4 is 10.1 Å². The largest absolute Gasteiger partial charge is 0.497 e. The topological polar surface area (TPSA) is 21.3 Å². The predicted molar refractivity (Wildman–Crippen MR) is 143 cm³/mol. The van der Waals surface area contributed by atoms with Crippen molar-refractivity contribution in [1.82, 2.24) is 5.32 Å². The van der Waals surface area contributed by atoms with Crippen LogP contribution in [0.3, 0.4) is 0 Å². The van der Waals surface area contributed by atoms with Gasteiger partial charge in [0.05, 0.1) is 7.11 Å². The van der Waals surface area contributed by atoms with Gasteiger partial charge in [-0.05, 0) is 97.9 Å². The third-order valence-corrected chi connectivity index (χ3v) is 7.36. The Labute approximate surface area is 202 Å². The summed E-state index contributed by atoms with van der Waals surface area (Å²) in [5.41, 5.74) is 6.91. The maximum atomic E-state index is 5.52. The minimum Gasteiger partial charge on any atom is -0.497 e. The molecule has 0 bridgehead atoms. The second kappa shape index (κ2) is 12.2. The highest BCUT2D eigenvalue weighted by Gasteiger charge is 2.35. The predicted octanol–water partition coefficient (Wildman–Crippen LogP) is 7.56. The van der Waals surface area contributed by atoms with Gasteiger partial charge in [-0.3, -0.25) is 0 Å². The Bertz CT molecular complexity index is 930. The Morgan fingerprint density at radius 1 is 1.27 bits per heavy atom. The molecule has 1 unspecified atom stereocenters. The highest BCUT2D eigenvalue weighted by molar-refractivity contribution is 5.46. The van der Waals surface area contributed by atoms with E-state index in [1.165, 1.54) is 34.3 Å². The third-order valence-electron chi connectivity index (χ3n) is 7.36. The van der Waals surface area contributed by atoms with Crippen LogP contribution in [0.5, 0.6) is 5.75 Å². The smallest absolute Gasteiger partial charge is 0.119 e. The SMILES string of the molecule is C=C(/C=C\C(=C/C)CCNCC)[C@@H]1c2ccc(OC)cc2CC[C@@H]1C1C=CC(C(C)C)=CC1. The van der Waals surface area contributed by atoms with Crippen molar-refractivity contribution in [2.45, 2.75) is 59.3 Å². The number of allylic oxidation sites excluding steroid dienone is 8. The molecule has 178 valence electrons. The summed E-state index contributed by atoms with van der Waals surface area (Å²) in [6.07, 6.45) is 18.6. The number of methoxy groups -OCH3 is 1. The number of fused-ring (bicyclic) bond motifs is 1. The van der Waals surface area contributed by atoms with Gasteiger partial charge in [0.25, 0.3) is 0 Å². The Morgan fingerprint density at radius 3 is 2.73 bits per heavy atom. The van der Waals surface area contributed by atoms with Crippen LogP contribution in [-0.4, -0.2) is 20.2 Å². The van der Waals surface area contributed by atoms with Gasteiger partial charge in [-0.25, -0.2) is 0 Å². The van der Waals surface area contributed by atoms with E-state index < -0.39 is 0 Å². The molecule has 1 aromatic carbocycles. The van der Waals surface area contributed by atoms with Gasteiger partial charge in [0.2, 0.25) is 0 Å². The third kappa shape index (κ3) is 6.38. The zero-order valence-electron chi connectivity index (χ0n) is 21.4. The summed E-state index contributed by atoms with van der Waals surface area (Å²) in [6, 6.07) is 6.64. The number of benzene rings is 1. The van der Waals surface area contributed by atoms with E-state index in [2.05, 4.69) is 94.2 Å². The fraction of sp³-hybridized carbons (Fsp3) is 0.484. The molecule has 0 fully saturated rings. The lowest BCUT2D eigenvalue weighted by Gasteiger charge is -2.39. The summed E-state index contributed by atoms with van der Waals surface area (Å²) in [5, 5.41) is 3.43. The lowest BCUT2D eigenvalue weighted by Crippen LogP contribution is -2.28. The maximum absolute atomic E-state index is 5.52. The maximum Gasteiger partial charge on any atom is 0.119 e. The molecule has 2 aliphatic rings. The first kappa shape index (κ1) is 25.3. The summed E-state index contributed by atoms with van der Waals surface area (Å²) < 4.78 is 5.52. The van der Waals surface area contributed by atoms with Crippen molar-refractivity contribution in [2.24, 2.45) is 17.8 Å². The van der Waals surface area contributed by atoms with Crippen LogP contribution in [0.1, 0.15) is 64.0 Å². The Balaban J connectivity index is 1.87. The second-order valence-electron chi connectivity index (χ2n) is 9.74. The first-order valence-electron chi connectivity index (χ1n) is 12.8. The molecule has 0 heterocycles. The van der Waals surface area contributed by atoms with Crippen LogP contribution in [-0.2, 0) is 6.42 Å². The zero-order valence-corrected chi connectivity index (χ0v) is 21.4. The minimum atomic E-state index is 0.339. The molecule has 0 aromatic heterocycles. The summed E-state index contributed by atoms with van der Waals surface area (Å²) in [4.78, 5) is 0. The number of nitrogens with one attached hydrogen (secondary N) is 1. The van der Waals surface area contributed by atoms with E-state index in [1.807, 2.05) is 0 Å². The van der Waals surface area contributed by atoms with Crippen LogP contribution in [0.2, 0.25) is 0 Å². The van der Waals surface area contributed by atoms with E-state index in [4.69, 9.17) is 4.74 Å². The summed E-state index contributed by atoms with van der Waals surface area (Å²) in [5.74, 6) is 3.02. The number of hydrogen-bond acceptors (Lipinski definition) is 2. The highest BCUT2D eigenvalue weighted by atomic mass is 16.5. The number of ether oxygens (including phenoxy) is 1. The molecule has 0 spiro atoms. The molecule has 2 heteroatoms. The van der Waals surface area contributed by atoms with Gasteiger partial charge in [-0.2, -0.15) is 0 Å². The van der Waals surface area contributed by atoms with Crippen molar-refractivity contribution < 1.29 is 4.74 Å². The Kier molecular flexibility index (Phi) is 9.38. The van der Waals surface area contributed by atoms with Gasteiger partial charge in [0, 0.05) is 5.92 Å². The van der Waals surface area contributed by atoms with Crippen LogP contribution >= 0.6 is 0 Å². The van der Waals surface area contributed by atoms with Crippen LogP contribution in [0, 0.1) is 17.8 Å². The highest BCUT2D eigenvalue weighted by Crippen LogP contribution is 2.47. The molecule has 0 aliphatic heterocycles. The van der Waals surface area contributed by atoms with Crippen molar-refractivity contribution in [3.05, 3.63) is 89.1 Å². The molecule has 0 saturated carbocycles. The molecule has 3 atom stereocenters. The van der Waals surface area contributed by atoms with Gasteiger partial charge >= 0.3 is 0 Å². The monoisotopic (exact) mass is 445 g/mol. The van der Waals surface area contributed by atoms with Crippen molar-refractivity contribution in [1.29, 1.82) is 0 Å². The van der Waals surface area contributed by atoms with Crippen molar-refractivity contribution in [3.8, 4) is 5.75 Å². The van der Waals surface area contributed by atoms with Crippen molar-refractivity contribution in [3.63, 3.8) is 0 Å². The zero-order chi connectivity index (χ0) is 23.8. The molecule has 1 N–H and O–H groups in total. The fourth-order valence-corrected chi connectivity index (χ4v) is 5.33. The van der Waals surface area contributed by atoms with Gasteiger partial charge in [0.1, 0.15) is 5.75 Å². The van der Waals surface area contributed by atoms with E-state index in [0.717, 1.165) is 38.1 Å². The van der Waals surface area contributed by atoms with E-state index in [1.54, 1.807) is 7.11 Å². The second-order valence-corrected chi connectivity index (χ2v) is 9.74. The number of hydrogen-bond donors (Lipinski definition) is 1. The van der Waals surface area contributed by atoms with Crippen molar-refractivity contribution in [2.75, 3.05) is 20.2 Å².